The maximum atomic E-state index is 5.74. The molecule has 0 saturated heterocycles. The minimum Gasteiger partial charge on any atom is -0.494 e. The molecule has 18 heavy (non-hydrogen) atoms. The second-order valence-electron chi connectivity index (χ2n) is 4.26. The van der Waals surface area contributed by atoms with Crippen LogP contribution in [-0.4, -0.2) is 13.7 Å². The van der Waals surface area contributed by atoms with E-state index in [0.29, 0.717) is 6.04 Å². The molecular formula is C15H19NOS. The van der Waals surface area contributed by atoms with Crippen LogP contribution in [0.25, 0.3) is 0 Å². The van der Waals surface area contributed by atoms with Gasteiger partial charge in [0.15, 0.2) is 0 Å². The molecule has 2 nitrogen and oxygen atoms in total. The molecule has 0 radical (unpaired) electrons. The lowest BCUT2D eigenvalue weighted by Crippen LogP contribution is -2.18. The highest BCUT2D eigenvalue weighted by Crippen LogP contribution is 2.26. The fourth-order valence-electron chi connectivity index (χ4n) is 1.96. The molecule has 0 bridgehead atoms. The van der Waals surface area contributed by atoms with Crippen molar-refractivity contribution in [3.05, 3.63) is 52.2 Å². The SMILES string of the molecule is CNC(CCOc1ccccc1)c1sccc1C. The van der Waals surface area contributed by atoms with Gasteiger partial charge in [0.2, 0.25) is 0 Å². The van der Waals surface area contributed by atoms with E-state index < -0.39 is 0 Å². The lowest BCUT2D eigenvalue weighted by atomic mass is 10.1. The Morgan fingerprint density at radius 2 is 2.00 bits per heavy atom. The van der Waals surface area contributed by atoms with E-state index >= 15 is 0 Å². The maximum absolute atomic E-state index is 5.74. The van der Waals surface area contributed by atoms with Gasteiger partial charge in [-0.05, 0) is 43.1 Å². The highest BCUT2D eigenvalue weighted by atomic mass is 32.1. The van der Waals surface area contributed by atoms with Crippen molar-refractivity contribution >= 4 is 11.3 Å². The molecule has 1 heterocycles. The molecule has 2 aromatic rings. The molecule has 0 fully saturated rings. The van der Waals surface area contributed by atoms with Gasteiger partial charge in [0, 0.05) is 17.3 Å². The summed E-state index contributed by atoms with van der Waals surface area (Å²) in [6.07, 6.45) is 0.979. The zero-order valence-corrected chi connectivity index (χ0v) is 11.7. The van der Waals surface area contributed by atoms with E-state index in [1.165, 1.54) is 10.4 Å². The Labute approximate surface area is 113 Å². The smallest absolute Gasteiger partial charge is 0.119 e. The zero-order valence-electron chi connectivity index (χ0n) is 10.8. The van der Waals surface area contributed by atoms with Gasteiger partial charge in [-0.3, -0.25) is 0 Å². The first kappa shape index (κ1) is 13.1. The van der Waals surface area contributed by atoms with E-state index in [-0.39, 0.29) is 0 Å². The molecular weight excluding hydrogens is 242 g/mol. The molecule has 1 aromatic carbocycles. The van der Waals surface area contributed by atoms with Crippen LogP contribution in [0.3, 0.4) is 0 Å². The third kappa shape index (κ3) is 3.34. The Balaban J connectivity index is 1.87. The topological polar surface area (TPSA) is 21.3 Å². The second-order valence-corrected chi connectivity index (χ2v) is 5.21. The number of para-hydroxylation sites is 1. The molecule has 0 aliphatic carbocycles. The first-order valence-electron chi connectivity index (χ1n) is 6.20. The highest BCUT2D eigenvalue weighted by Gasteiger charge is 2.12. The molecule has 1 atom stereocenters. The fraction of sp³-hybridized carbons (Fsp3) is 0.333. The van der Waals surface area contributed by atoms with Gasteiger partial charge in [-0.15, -0.1) is 11.3 Å². The van der Waals surface area contributed by atoms with E-state index in [9.17, 15) is 0 Å². The van der Waals surface area contributed by atoms with Crippen molar-refractivity contribution in [1.82, 2.24) is 5.32 Å². The lowest BCUT2D eigenvalue weighted by Gasteiger charge is -2.16. The van der Waals surface area contributed by atoms with Gasteiger partial charge in [0.05, 0.1) is 6.61 Å². The summed E-state index contributed by atoms with van der Waals surface area (Å²) in [5.41, 5.74) is 1.36. The normalized spacial score (nSPS) is 12.3. The van der Waals surface area contributed by atoms with Crippen molar-refractivity contribution in [2.24, 2.45) is 0 Å². The second kappa shape index (κ2) is 6.57. The molecule has 3 heteroatoms. The Kier molecular flexibility index (Phi) is 4.79. The van der Waals surface area contributed by atoms with Gasteiger partial charge in [0.25, 0.3) is 0 Å². The fourth-order valence-corrected chi connectivity index (χ4v) is 3.03. The van der Waals surface area contributed by atoms with Gasteiger partial charge < -0.3 is 10.1 Å². The van der Waals surface area contributed by atoms with Crippen LogP contribution >= 0.6 is 11.3 Å². The summed E-state index contributed by atoms with van der Waals surface area (Å²) in [6, 6.07) is 12.5. The maximum Gasteiger partial charge on any atom is 0.119 e. The molecule has 1 unspecified atom stereocenters. The summed E-state index contributed by atoms with van der Waals surface area (Å²) in [7, 11) is 2.01. The predicted octanol–water partition coefficient (Wildman–Crippen LogP) is 3.79. The van der Waals surface area contributed by atoms with Crippen molar-refractivity contribution in [3.63, 3.8) is 0 Å². The molecule has 0 saturated carbocycles. The van der Waals surface area contributed by atoms with Crippen LogP contribution in [0, 0.1) is 6.92 Å². The van der Waals surface area contributed by atoms with Crippen molar-refractivity contribution < 1.29 is 4.74 Å². The number of hydrogen-bond donors (Lipinski definition) is 1. The number of aryl methyl sites for hydroxylation is 1. The van der Waals surface area contributed by atoms with Crippen LogP contribution in [0.15, 0.2) is 41.8 Å². The molecule has 1 N–H and O–H groups in total. The molecule has 0 aliphatic rings. The summed E-state index contributed by atoms with van der Waals surface area (Å²) in [5.74, 6) is 0.940. The molecule has 0 amide bonds. The average molecular weight is 261 g/mol. The Morgan fingerprint density at radius 1 is 1.22 bits per heavy atom. The van der Waals surface area contributed by atoms with E-state index in [1.807, 2.05) is 48.7 Å². The van der Waals surface area contributed by atoms with E-state index in [2.05, 4.69) is 23.7 Å². The summed E-state index contributed by atoms with van der Waals surface area (Å²) in [6.45, 7) is 2.89. The first-order valence-corrected chi connectivity index (χ1v) is 7.08. The van der Waals surface area contributed by atoms with Gasteiger partial charge in [-0.2, -0.15) is 0 Å². The van der Waals surface area contributed by atoms with Crippen LogP contribution in [0.5, 0.6) is 5.75 Å². The number of thiophene rings is 1. The molecule has 0 aliphatic heterocycles. The Hall–Kier alpha value is -1.32. The quantitative estimate of drug-likeness (QED) is 0.854. The lowest BCUT2D eigenvalue weighted by molar-refractivity contribution is 0.291. The predicted molar refractivity (Wildman–Crippen MR) is 77.4 cm³/mol. The standard InChI is InChI=1S/C15H19NOS/c1-12-9-11-18-15(12)14(16-2)8-10-17-13-6-4-3-5-7-13/h3-7,9,11,14,16H,8,10H2,1-2H3. The van der Waals surface area contributed by atoms with Crippen LogP contribution in [0.4, 0.5) is 0 Å². The summed E-state index contributed by atoms with van der Waals surface area (Å²) in [4.78, 5) is 1.41. The Bertz CT molecular complexity index is 466. The Morgan fingerprint density at radius 3 is 2.61 bits per heavy atom. The van der Waals surface area contributed by atoms with Crippen molar-refractivity contribution in [3.8, 4) is 5.75 Å². The van der Waals surface area contributed by atoms with Crippen molar-refractivity contribution in [2.75, 3.05) is 13.7 Å². The van der Waals surface area contributed by atoms with Crippen LogP contribution in [0.1, 0.15) is 22.9 Å². The van der Waals surface area contributed by atoms with Gasteiger partial charge >= 0.3 is 0 Å². The van der Waals surface area contributed by atoms with E-state index in [0.717, 1.165) is 18.8 Å². The van der Waals surface area contributed by atoms with Gasteiger partial charge in [-0.25, -0.2) is 0 Å². The first-order chi connectivity index (χ1) is 8.81. The number of rotatable bonds is 6. The number of nitrogens with one attached hydrogen (secondary N) is 1. The van der Waals surface area contributed by atoms with Gasteiger partial charge in [0.1, 0.15) is 5.75 Å². The minimum atomic E-state index is 0.383. The monoisotopic (exact) mass is 261 g/mol. The van der Waals surface area contributed by atoms with Crippen LogP contribution in [0.2, 0.25) is 0 Å². The molecule has 1 aromatic heterocycles. The number of hydrogen-bond acceptors (Lipinski definition) is 3. The average Bonchev–Trinajstić information content (AvgIpc) is 2.82. The minimum absolute atomic E-state index is 0.383. The summed E-state index contributed by atoms with van der Waals surface area (Å²) in [5, 5.41) is 5.51. The molecule has 96 valence electrons. The molecule has 0 spiro atoms. The van der Waals surface area contributed by atoms with Crippen molar-refractivity contribution in [2.45, 2.75) is 19.4 Å². The number of ether oxygens (including phenoxy) is 1. The molecule has 2 rings (SSSR count). The van der Waals surface area contributed by atoms with E-state index in [4.69, 9.17) is 4.74 Å². The number of benzene rings is 1. The van der Waals surface area contributed by atoms with Crippen LogP contribution < -0.4 is 10.1 Å². The van der Waals surface area contributed by atoms with E-state index in [1.54, 1.807) is 0 Å². The summed E-state index contributed by atoms with van der Waals surface area (Å²) < 4.78 is 5.74. The largest absolute Gasteiger partial charge is 0.494 e. The highest BCUT2D eigenvalue weighted by molar-refractivity contribution is 7.10. The zero-order chi connectivity index (χ0) is 12.8. The van der Waals surface area contributed by atoms with Gasteiger partial charge in [-0.1, -0.05) is 18.2 Å². The summed E-state index contributed by atoms with van der Waals surface area (Å²) >= 11 is 1.81. The van der Waals surface area contributed by atoms with Crippen LogP contribution in [-0.2, 0) is 0 Å². The third-order valence-electron chi connectivity index (χ3n) is 2.99. The van der Waals surface area contributed by atoms with Crippen molar-refractivity contribution in [1.29, 1.82) is 0 Å². The third-order valence-corrected chi connectivity index (χ3v) is 4.12.